The number of anilines is 1. The van der Waals surface area contributed by atoms with E-state index in [1.807, 2.05) is 42.8 Å². The molecule has 1 amide bonds. The van der Waals surface area contributed by atoms with Crippen LogP contribution in [0.15, 0.2) is 24.3 Å². The van der Waals surface area contributed by atoms with Crippen molar-refractivity contribution in [2.24, 2.45) is 23.2 Å². The van der Waals surface area contributed by atoms with Crippen LogP contribution < -0.4 is 5.32 Å². The number of amides is 1. The van der Waals surface area contributed by atoms with Gasteiger partial charge in [-0.3, -0.25) is 9.48 Å². The number of aromatic nitrogens is 2. The summed E-state index contributed by atoms with van der Waals surface area (Å²) in [5.74, 6) is 2.79. The third-order valence-corrected chi connectivity index (χ3v) is 7.80. The van der Waals surface area contributed by atoms with Crippen molar-refractivity contribution in [1.29, 1.82) is 0 Å². The van der Waals surface area contributed by atoms with Crippen molar-refractivity contribution in [3.8, 4) is 0 Å². The van der Waals surface area contributed by atoms with Gasteiger partial charge in [-0.15, -0.1) is 0 Å². The van der Waals surface area contributed by atoms with Gasteiger partial charge in [0, 0.05) is 11.4 Å². The van der Waals surface area contributed by atoms with E-state index in [0.29, 0.717) is 13.0 Å². The second kappa shape index (κ2) is 7.16. The molecule has 4 aliphatic carbocycles. The normalized spacial score (nSPS) is 30.0. The van der Waals surface area contributed by atoms with Crippen LogP contribution in [0.2, 0.25) is 5.02 Å². The summed E-state index contributed by atoms with van der Waals surface area (Å²) in [6.45, 7) is 4.66. The molecule has 0 spiro atoms. The molecule has 4 saturated carbocycles. The molecule has 0 saturated heterocycles. The zero-order valence-corrected chi connectivity index (χ0v) is 18.1. The fourth-order valence-electron chi connectivity index (χ4n) is 6.87. The first kappa shape index (κ1) is 19.2. The van der Waals surface area contributed by atoms with E-state index < -0.39 is 0 Å². The molecule has 4 nitrogen and oxygen atoms in total. The zero-order valence-electron chi connectivity index (χ0n) is 17.4. The van der Waals surface area contributed by atoms with Crippen molar-refractivity contribution in [3.05, 3.63) is 46.2 Å². The number of carbonyl (C=O) groups excluding carboxylic acids is 1. The number of carbonyl (C=O) groups is 1. The van der Waals surface area contributed by atoms with Gasteiger partial charge in [-0.2, -0.15) is 5.10 Å². The van der Waals surface area contributed by atoms with E-state index in [1.165, 1.54) is 38.5 Å². The van der Waals surface area contributed by atoms with Crippen molar-refractivity contribution in [2.45, 2.75) is 65.3 Å². The Hall–Kier alpha value is -1.81. The van der Waals surface area contributed by atoms with Crippen molar-refractivity contribution < 1.29 is 4.79 Å². The fourth-order valence-corrected chi connectivity index (χ4v) is 7.08. The third kappa shape index (κ3) is 3.72. The number of benzene rings is 1. The van der Waals surface area contributed by atoms with Crippen LogP contribution in [-0.4, -0.2) is 15.7 Å². The van der Waals surface area contributed by atoms with Crippen LogP contribution in [0.3, 0.4) is 0 Å². The van der Waals surface area contributed by atoms with Crippen molar-refractivity contribution in [3.63, 3.8) is 0 Å². The predicted octanol–water partition coefficient (Wildman–Crippen LogP) is 5.75. The average molecular weight is 412 g/mol. The molecule has 6 rings (SSSR count). The van der Waals surface area contributed by atoms with E-state index in [9.17, 15) is 4.79 Å². The molecule has 1 aromatic heterocycles. The van der Waals surface area contributed by atoms with E-state index in [0.717, 1.165) is 45.4 Å². The molecule has 5 heteroatoms. The second-order valence-corrected chi connectivity index (χ2v) is 10.4. The molecular weight excluding hydrogens is 382 g/mol. The van der Waals surface area contributed by atoms with Crippen molar-refractivity contribution in [2.75, 3.05) is 5.32 Å². The number of hydrogen-bond acceptors (Lipinski definition) is 2. The van der Waals surface area contributed by atoms with Gasteiger partial charge in [0.25, 0.3) is 0 Å². The molecule has 4 fully saturated rings. The summed E-state index contributed by atoms with van der Waals surface area (Å²) in [5, 5.41) is 8.63. The lowest BCUT2D eigenvalue weighted by Gasteiger charge is -2.56. The molecule has 2 aromatic rings. The van der Waals surface area contributed by atoms with Crippen LogP contribution in [-0.2, 0) is 11.3 Å². The highest BCUT2D eigenvalue weighted by Gasteiger charge is 2.51. The van der Waals surface area contributed by atoms with E-state index in [2.05, 4.69) is 10.4 Å². The van der Waals surface area contributed by atoms with Crippen LogP contribution in [0.25, 0.3) is 0 Å². The lowest BCUT2D eigenvalue weighted by molar-refractivity contribution is -0.124. The summed E-state index contributed by atoms with van der Waals surface area (Å²) in [6, 6.07) is 7.84. The Bertz CT molecular complexity index is 912. The molecule has 154 valence electrons. The van der Waals surface area contributed by atoms with Crippen LogP contribution >= 0.6 is 11.6 Å². The first-order valence-electron chi connectivity index (χ1n) is 11.0. The van der Waals surface area contributed by atoms with Crippen LogP contribution in [0.1, 0.15) is 61.9 Å². The number of nitrogens with zero attached hydrogens (tertiary/aromatic N) is 2. The van der Waals surface area contributed by atoms with Gasteiger partial charge in [0.05, 0.1) is 23.6 Å². The molecule has 0 unspecified atom stereocenters. The van der Waals surface area contributed by atoms with Gasteiger partial charge < -0.3 is 5.32 Å². The summed E-state index contributed by atoms with van der Waals surface area (Å²) in [7, 11) is 0. The average Bonchev–Trinajstić information content (AvgIpc) is 2.87. The molecule has 0 atom stereocenters. The van der Waals surface area contributed by atoms with Crippen LogP contribution in [0.5, 0.6) is 0 Å². The summed E-state index contributed by atoms with van der Waals surface area (Å²) >= 11 is 6.12. The number of halogens is 1. The first-order chi connectivity index (χ1) is 13.9. The SMILES string of the molecule is Cc1nn(Cc2cccc(Cl)c2)c(C)c1NC(=O)CC12CC3CC(CC(C3)C1)C2. The zero-order chi connectivity index (χ0) is 20.2. The number of hydrogen-bond donors (Lipinski definition) is 1. The minimum atomic E-state index is 0.167. The largest absolute Gasteiger partial charge is 0.323 e. The van der Waals surface area contributed by atoms with Gasteiger partial charge in [0.1, 0.15) is 0 Å². The highest BCUT2D eigenvalue weighted by Crippen LogP contribution is 2.61. The maximum Gasteiger partial charge on any atom is 0.225 e. The van der Waals surface area contributed by atoms with Gasteiger partial charge >= 0.3 is 0 Å². The third-order valence-electron chi connectivity index (χ3n) is 7.57. The number of aryl methyl sites for hydroxylation is 1. The summed E-state index contributed by atoms with van der Waals surface area (Å²) in [6.07, 6.45) is 8.70. The minimum absolute atomic E-state index is 0.167. The van der Waals surface area contributed by atoms with Gasteiger partial charge in [-0.1, -0.05) is 23.7 Å². The summed E-state index contributed by atoms with van der Waals surface area (Å²) in [5.41, 5.74) is 4.12. The van der Waals surface area contributed by atoms with E-state index >= 15 is 0 Å². The van der Waals surface area contributed by atoms with E-state index in [-0.39, 0.29) is 11.3 Å². The lowest BCUT2D eigenvalue weighted by Crippen LogP contribution is -2.47. The Labute approximate surface area is 178 Å². The Morgan fingerprint density at radius 3 is 2.45 bits per heavy atom. The topological polar surface area (TPSA) is 46.9 Å². The Morgan fingerprint density at radius 2 is 1.83 bits per heavy atom. The van der Waals surface area contributed by atoms with Gasteiger partial charge in [0.2, 0.25) is 5.91 Å². The first-order valence-corrected chi connectivity index (χ1v) is 11.4. The molecule has 1 aromatic carbocycles. The Balaban J connectivity index is 1.29. The number of nitrogens with one attached hydrogen (secondary N) is 1. The smallest absolute Gasteiger partial charge is 0.225 e. The highest BCUT2D eigenvalue weighted by molar-refractivity contribution is 6.30. The molecule has 4 aliphatic rings. The van der Waals surface area contributed by atoms with Crippen LogP contribution in [0, 0.1) is 37.0 Å². The summed E-state index contributed by atoms with van der Waals surface area (Å²) < 4.78 is 1.96. The number of rotatable bonds is 5. The maximum atomic E-state index is 13.0. The minimum Gasteiger partial charge on any atom is -0.323 e. The van der Waals surface area contributed by atoms with E-state index in [1.54, 1.807) is 0 Å². The quantitative estimate of drug-likeness (QED) is 0.681. The highest BCUT2D eigenvalue weighted by atomic mass is 35.5. The molecule has 1 heterocycles. The van der Waals surface area contributed by atoms with Gasteiger partial charge in [-0.25, -0.2) is 0 Å². The monoisotopic (exact) mass is 411 g/mol. The fraction of sp³-hybridized carbons (Fsp3) is 0.583. The van der Waals surface area contributed by atoms with Gasteiger partial charge in [0.15, 0.2) is 0 Å². The molecule has 29 heavy (non-hydrogen) atoms. The van der Waals surface area contributed by atoms with Crippen molar-refractivity contribution >= 4 is 23.2 Å². The molecule has 4 bridgehead atoms. The molecule has 0 aliphatic heterocycles. The lowest BCUT2D eigenvalue weighted by atomic mass is 9.49. The second-order valence-electron chi connectivity index (χ2n) is 9.98. The molecular formula is C24H30ClN3O. The predicted molar refractivity (Wildman–Crippen MR) is 116 cm³/mol. The summed E-state index contributed by atoms with van der Waals surface area (Å²) in [4.78, 5) is 13.0. The van der Waals surface area contributed by atoms with Gasteiger partial charge in [-0.05, 0) is 93.2 Å². The Morgan fingerprint density at radius 1 is 1.17 bits per heavy atom. The molecule has 1 N–H and O–H groups in total. The Kier molecular flexibility index (Phi) is 4.73. The standard InChI is InChI=1S/C24H30ClN3O/c1-15-23(16(2)28(27-15)14-17-4-3-5-21(25)9-17)26-22(29)13-24-10-18-6-19(11-24)8-20(7-18)12-24/h3-5,9,18-20H,6-8,10-14H2,1-2H3,(H,26,29). The maximum absolute atomic E-state index is 13.0. The molecule has 0 radical (unpaired) electrons. The van der Waals surface area contributed by atoms with Crippen molar-refractivity contribution in [1.82, 2.24) is 9.78 Å². The van der Waals surface area contributed by atoms with Crippen LogP contribution in [0.4, 0.5) is 5.69 Å². The van der Waals surface area contributed by atoms with E-state index in [4.69, 9.17) is 11.6 Å².